The van der Waals surface area contributed by atoms with E-state index in [1.807, 2.05) is 0 Å². The van der Waals surface area contributed by atoms with E-state index in [1.54, 1.807) is 5.56 Å². The van der Waals surface area contributed by atoms with Crippen LogP contribution in [0.4, 0.5) is 0 Å². The highest BCUT2D eigenvalue weighted by atomic mass is 79.9. The van der Waals surface area contributed by atoms with E-state index < -0.39 is 0 Å². The number of benzene rings is 1. The summed E-state index contributed by atoms with van der Waals surface area (Å²) in [7, 11) is 0. The van der Waals surface area contributed by atoms with Crippen molar-refractivity contribution in [2.45, 2.75) is 56.4 Å². The molecule has 17 heavy (non-hydrogen) atoms. The molecule has 0 aliphatic heterocycles. The molecule has 1 aromatic rings. The molecule has 2 heteroatoms. The van der Waals surface area contributed by atoms with E-state index >= 15 is 0 Å². The van der Waals surface area contributed by atoms with Crippen molar-refractivity contribution in [3.63, 3.8) is 0 Å². The minimum absolute atomic E-state index is 0.287. The predicted molar refractivity (Wildman–Crippen MR) is 75.2 cm³/mol. The Hall–Kier alpha value is -0.340. The van der Waals surface area contributed by atoms with Crippen LogP contribution in [0.25, 0.3) is 0 Å². The molecule has 1 fully saturated rings. The van der Waals surface area contributed by atoms with Crippen molar-refractivity contribution < 1.29 is 0 Å². The molecule has 92 valence electrons. The molecule has 1 spiro atoms. The van der Waals surface area contributed by atoms with E-state index in [-0.39, 0.29) is 5.41 Å². The standard InChI is InChI=1S/C15H20BrN/c16-13-6-4-5-12-11(13)7-8-14(17)15(12)9-2-1-3-10-15/h4-6,14H,1-3,7-10,17H2. The SMILES string of the molecule is NC1CCc2c(Br)cccc2C12CCCCC2. The average molecular weight is 294 g/mol. The van der Waals surface area contributed by atoms with Crippen molar-refractivity contribution in [2.24, 2.45) is 5.73 Å². The smallest absolute Gasteiger partial charge is 0.0210 e. The first-order chi connectivity index (χ1) is 8.24. The summed E-state index contributed by atoms with van der Waals surface area (Å²) in [5, 5.41) is 0. The second kappa shape index (κ2) is 4.40. The summed E-state index contributed by atoms with van der Waals surface area (Å²) in [5.74, 6) is 0. The Morgan fingerprint density at radius 3 is 2.71 bits per heavy atom. The molecule has 0 aromatic heterocycles. The molecule has 2 aliphatic carbocycles. The number of halogens is 1. The van der Waals surface area contributed by atoms with Gasteiger partial charge in [-0.05, 0) is 42.9 Å². The molecule has 2 aliphatic rings. The Morgan fingerprint density at radius 2 is 1.94 bits per heavy atom. The van der Waals surface area contributed by atoms with Crippen molar-refractivity contribution in [1.82, 2.24) is 0 Å². The van der Waals surface area contributed by atoms with Gasteiger partial charge in [-0.25, -0.2) is 0 Å². The Kier molecular flexibility index (Phi) is 3.04. The summed E-state index contributed by atoms with van der Waals surface area (Å²) in [5.41, 5.74) is 9.85. The van der Waals surface area contributed by atoms with Crippen LogP contribution in [0, 0.1) is 0 Å². The zero-order valence-electron chi connectivity index (χ0n) is 10.2. The van der Waals surface area contributed by atoms with Gasteiger partial charge < -0.3 is 5.73 Å². The Morgan fingerprint density at radius 1 is 1.18 bits per heavy atom. The van der Waals surface area contributed by atoms with Gasteiger partial charge in [-0.15, -0.1) is 0 Å². The van der Waals surface area contributed by atoms with E-state index in [4.69, 9.17) is 5.73 Å². The minimum atomic E-state index is 0.287. The third-order valence-electron chi connectivity index (χ3n) is 4.82. The summed E-state index contributed by atoms with van der Waals surface area (Å²) in [4.78, 5) is 0. The van der Waals surface area contributed by atoms with Crippen molar-refractivity contribution in [3.05, 3.63) is 33.8 Å². The number of hydrogen-bond acceptors (Lipinski definition) is 1. The lowest BCUT2D eigenvalue weighted by Crippen LogP contribution is -2.50. The quantitative estimate of drug-likeness (QED) is 0.771. The lowest BCUT2D eigenvalue weighted by molar-refractivity contribution is 0.221. The largest absolute Gasteiger partial charge is 0.327 e. The summed E-state index contributed by atoms with van der Waals surface area (Å²) in [6, 6.07) is 7.04. The second-order valence-electron chi connectivity index (χ2n) is 5.63. The Bertz CT molecular complexity index is 421. The van der Waals surface area contributed by atoms with Crippen LogP contribution in [0.3, 0.4) is 0 Å². The number of nitrogens with two attached hydrogens (primary N) is 1. The molecule has 0 radical (unpaired) electrons. The fourth-order valence-corrected chi connectivity index (χ4v) is 4.44. The van der Waals surface area contributed by atoms with Crippen molar-refractivity contribution >= 4 is 15.9 Å². The molecule has 0 bridgehead atoms. The van der Waals surface area contributed by atoms with Crippen molar-refractivity contribution in [2.75, 3.05) is 0 Å². The van der Waals surface area contributed by atoms with E-state index in [9.17, 15) is 0 Å². The monoisotopic (exact) mass is 293 g/mol. The first kappa shape index (κ1) is 11.7. The molecule has 3 rings (SSSR count). The fraction of sp³-hybridized carbons (Fsp3) is 0.600. The lowest BCUT2D eigenvalue weighted by atomic mass is 9.60. The first-order valence-electron chi connectivity index (χ1n) is 6.77. The highest BCUT2D eigenvalue weighted by molar-refractivity contribution is 9.10. The van der Waals surface area contributed by atoms with Gasteiger partial charge in [-0.1, -0.05) is 47.3 Å². The summed E-state index contributed by atoms with van der Waals surface area (Å²) >= 11 is 3.71. The Labute approximate surface area is 112 Å². The molecule has 0 saturated heterocycles. The number of hydrogen-bond donors (Lipinski definition) is 1. The van der Waals surface area contributed by atoms with Gasteiger partial charge in [0.1, 0.15) is 0 Å². The van der Waals surface area contributed by atoms with Crippen LogP contribution >= 0.6 is 15.9 Å². The van der Waals surface area contributed by atoms with Gasteiger partial charge in [0.15, 0.2) is 0 Å². The maximum Gasteiger partial charge on any atom is 0.0210 e. The summed E-state index contributed by atoms with van der Waals surface area (Å²) in [6.07, 6.45) is 8.95. The van der Waals surface area contributed by atoms with Crippen LogP contribution in [0.15, 0.2) is 22.7 Å². The summed E-state index contributed by atoms with van der Waals surface area (Å²) in [6.45, 7) is 0. The molecular weight excluding hydrogens is 274 g/mol. The Balaban J connectivity index is 2.12. The van der Waals surface area contributed by atoms with Gasteiger partial charge in [0.05, 0.1) is 0 Å². The fourth-order valence-electron chi connectivity index (χ4n) is 3.88. The molecule has 1 saturated carbocycles. The minimum Gasteiger partial charge on any atom is -0.327 e. The molecule has 0 heterocycles. The van der Waals surface area contributed by atoms with Crippen LogP contribution < -0.4 is 5.73 Å². The molecule has 0 amide bonds. The van der Waals surface area contributed by atoms with Gasteiger partial charge in [0.2, 0.25) is 0 Å². The molecule has 1 atom stereocenters. The second-order valence-corrected chi connectivity index (χ2v) is 6.48. The van der Waals surface area contributed by atoms with Crippen LogP contribution in [-0.4, -0.2) is 6.04 Å². The predicted octanol–water partition coefficient (Wildman–Crippen LogP) is 3.92. The molecule has 1 nitrogen and oxygen atoms in total. The van der Waals surface area contributed by atoms with Crippen LogP contribution in [0.1, 0.15) is 49.7 Å². The third kappa shape index (κ3) is 1.77. The third-order valence-corrected chi connectivity index (χ3v) is 5.56. The summed E-state index contributed by atoms with van der Waals surface area (Å²) < 4.78 is 1.28. The van der Waals surface area contributed by atoms with E-state index in [0.717, 1.165) is 12.8 Å². The van der Waals surface area contributed by atoms with Gasteiger partial charge in [-0.2, -0.15) is 0 Å². The highest BCUT2D eigenvalue weighted by Crippen LogP contribution is 2.48. The normalized spacial score (nSPS) is 26.8. The maximum atomic E-state index is 6.49. The van der Waals surface area contributed by atoms with Crippen LogP contribution in [-0.2, 0) is 11.8 Å². The highest BCUT2D eigenvalue weighted by Gasteiger charge is 2.43. The van der Waals surface area contributed by atoms with Crippen molar-refractivity contribution in [3.8, 4) is 0 Å². The zero-order valence-corrected chi connectivity index (χ0v) is 11.8. The zero-order chi connectivity index (χ0) is 11.9. The molecular formula is C15H20BrN. The average Bonchev–Trinajstić information content (AvgIpc) is 2.36. The number of fused-ring (bicyclic) bond motifs is 2. The van der Waals surface area contributed by atoms with Gasteiger partial charge >= 0.3 is 0 Å². The van der Waals surface area contributed by atoms with Gasteiger partial charge in [-0.3, -0.25) is 0 Å². The number of rotatable bonds is 0. The molecule has 1 unspecified atom stereocenters. The first-order valence-corrected chi connectivity index (χ1v) is 7.57. The molecule has 2 N–H and O–H groups in total. The maximum absolute atomic E-state index is 6.49. The topological polar surface area (TPSA) is 26.0 Å². The van der Waals surface area contributed by atoms with Gasteiger partial charge in [0, 0.05) is 15.9 Å². The van der Waals surface area contributed by atoms with Gasteiger partial charge in [0.25, 0.3) is 0 Å². The molecule has 1 aromatic carbocycles. The lowest BCUT2D eigenvalue weighted by Gasteiger charge is -2.47. The van der Waals surface area contributed by atoms with Crippen molar-refractivity contribution in [1.29, 1.82) is 0 Å². The van der Waals surface area contributed by atoms with Crippen LogP contribution in [0.2, 0.25) is 0 Å². The van der Waals surface area contributed by atoms with E-state index in [2.05, 4.69) is 34.1 Å². The van der Waals surface area contributed by atoms with Crippen LogP contribution in [0.5, 0.6) is 0 Å². The van der Waals surface area contributed by atoms with E-state index in [0.29, 0.717) is 6.04 Å². The van der Waals surface area contributed by atoms with E-state index in [1.165, 1.54) is 42.1 Å².